The van der Waals surface area contributed by atoms with E-state index in [2.05, 4.69) is 11.9 Å². The van der Waals surface area contributed by atoms with Crippen molar-refractivity contribution >= 4 is 5.91 Å². The maximum Gasteiger partial charge on any atom is 0.417 e. The molecular formula is C20H27F3N2O2. The average Bonchev–Trinajstić information content (AvgIpc) is 2.62. The molecular weight excluding hydrogens is 357 g/mol. The van der Waals surface area contributed by atoms with Crippen molar-refractivity contribution in [2.24, 2.45) is 11.8 Å². The highest BCUT2D eigenvalue weighted by Gasteiger charge is 2.37. The monoisotopic (exact) mass is 384 g/mol. The second kappa shape index (κ2) is 8.48. The van der Waals surface area contributed by atoms with Gasteiger partial charge in [-0.25, -0.2) is 4.98 Å². The smallest absolute Gasteiger partial charge is 0.417 e. The summed E-state index contributed by atoms with van der Waals surface area (Å²) in [4.78, 5) is 18.1. The van der Waals surface area contributed by atoms with Crippen LogP contribution in [-0.4, -0.2) is 35.0 Å². The van der Waals surface area contributed by atoms with Crippen LogP contribution in [0.4, 0.5) is 13.2 Å². The topological polar surface area (TPSA) is 42.4 Å². The number of halogens is 3. The molecule has 2 heterocycles. The molecule has 1 saturated heterocycles. The molecule has 0 bridgehead atoms. The van der Waals surface area contributed by atoms with Gasteiger partial charge < -0.3 is 9.64 Å². The van der Waals surface area contributed by atoms with Crippen LogP contribution < -0.4 is 4.74 Å². The summed E-state index contributed by atoms with van der Waals surface area (Å²) < 4.78 is 43.2. The summed E-state index contributed by atoms with van der Waals surface area (Å²) in [6.45, 7) is 3.17. The lowest BCUT2D eigenvalue weighted by Gasteiger charge is -2.41. The molecule has 1 aliphatic heterocycles. The first kappa shape index (κ1) is 20.0. The minimum atomic E-state index is -4.40. The van der Waals surface area contributed by atoms with Gasteiger partial charge >= 0.3 is 6.18 Å². The van der Waals surface area contributed by atoms with Crippen molar-refractivity contribution in [2.75, 3.05) is 13.1 Å². The van der Waals surface area contributed by atoms with Gasteiger partial charge in [0.05, 0.1) is 18.7 Å². The summed E-state index contributed by atoms with van der Waals surface area (Å²) in [5, 5.41) is 0. The fraction of sp³-hybridized carbons (Fsp3) is 0.700. The zero-order valence-electron chi connectivity index (χ0n) is 15.7. The Labute approximate surface area is 158 Å². The molecule has 0 aromatic carbocycles. The van der Waals surface area contributed by atoms with Crippen molar-refractivity contribution < 1.29 is 22.7 Å². The van der Waals surface area contributed by atoms with Gasteiger partial charge in [0.25, 0.3) is 0 Å². The van der Waals surface area contributed by atoms with Gasteiger partial charge in [0, 0.05) is 18.2 Å². The molecule has 0 atom stereocenters. The van der Waals surface area contributed by atoms with E-state index in [1.54, 1.807) is 4.90 Å². The van der Waals surface area contributed by atoms with E-state index in [0.717, 1.165) is 43.9 Å². The molecule has 2 aliphatic rings. The highest BCUT2D eigenvalue weighted by molar-refractivity contribution is 5.79. The Morgan fingerprint density at radius 2 is 1.93 bits per heavy atom. The number of hydrogen-bond donors (Lipinski definition) is 0. The van der Waals surface area contributed by atoms with E-state index in [0.29, 0.717) is 13.1 Å². The average molecular weight is 384 g/mol. The lowest BCUT2D eigenvalue weighted by Crippen LogP contribution is -2.57. The second-order valence-electron chi connectivity index (χ2n) is 7.73. The molecule has 0 radical (unpaired) electrons. The standard InChI is InChI=1S/C20H27F3N2O2/c1-2-3-4-14-5-7-15(8-6-14)19(26)25-12-17(13-25)27-18-10-9-16(11-24-18)20(21,22)23/h9-11,14-15,17H,2-8,12-13H2,1H3. The molecule has 27 heavy (non-hydrogen) atoms. The minimum absolute atomic E-state index is 0.119. The highest BCUT2D eigenvalue weighted by atomic mass is 19.4. The van der Waals surface area contributed by atoms with Crippen molar-refractivity contribution in [3.63, 3.8) is 0 Å². The zero-order chi connectivity index (χ0) is 19.4. The Morgan fingerprint density at radius 3 is 2.48 bits per heavy atom. The first-order chi connectivity index (χ1) is 12.9. The third-order valence-electron chi connectivity index (χ3n) is 5.67. The van der Waals surface area contributed by atoms with E-state index in [9.17, 15) is 18.0 Å². The molecule has 1 aliphatic carbocycles. The van der Waals surface area contributed by atoms with Crippen molar-refractivity contribution in [1.29, 1.82) is 0 Å². The molecule has 4 nitrogen and oxygen atoms in total. The van der Waals surface area contributed by atoms with E-state index in [4.69, 9.17) is 4.74 Å². The largest absolute Gasteiger partial charge is 0.471 e. The molecule has 7 heteroatoms. The second-order valence-corrected chi connectivity index (χ2v) is 7.73. The SMILES string of the molecule is CCCCC1CCC(C(=O)N2CC(Oc3ccc(C(F)(F)F)cn3)C2)CC1. The first-order valence-electron chi connectivity index (χ1n) is 9.85. The van der Waals surface area contributed by atoms with E-state index >= 15 is 0 Å². The van der Waals surface area contributed by atoms with Crippen LogP contribution in [0.1, 0.15) is 57.4 Å². The van der Waals surface area contributed by atoms with Gasteiger partial charge in [0.15, 0.2) is 0 Å². The molecule has 1 aromatic rings. The summed E-state index contributed by atoms with van der Waals surface area (Å²) in [5.74, 6) is 1.25. The van der Waals surface area contributed by atoms with E-state index in [1.165, 1.54) is 25.3 Å². The number of amides is 1. The molecule has 1 saturated carbocycles. The van der Waals surface area contributed by atoms with Gasteiger partial charge in [0.1, 0.15) is 6.10 Å². The van der Waals surface area contributed by atoms with E-state index < -0.39 is 11.7 Å². The maximum absolute atomic E-state index is 12.6. The van der Waals surface area contributed by atoms with Gasteiger partial charge in [-0.1, -0.05) is 26.2 Å². The molecule has 0 unspecified atom stereocenters. The van der Waals surface area contributed by atoms with Crippen LogP contribution in [0.25, 0.3) is 0 Å². The van der Waals surface area contributed by atoms with Gasteiger partial charge in [0.2, 0.25) is 11.8 Å². The molecule has 0 spiro atoms. The Bertz CT molecular complexity index is 619. The number of carbonyl (C=O) groups excluding carboxylic acids is 1. The highest BCUT2D eigenvalue weighted by Crippen LogP contribution is 2.34. The number of carbonyl (C=O) groups is 1. The molecule has 1 aromatic heterocycles. The van der Waals surface area contributed by atoms with Crippen LogP contribution in [0.2, 0.25) is 0 Å². The number of hydrogen-bond acceptors (Lipinski definition) is 3. The van der Waals surface area contributed by atoms with E-state index in [-0.39, 0.29) is 23.8 Å². The summed E-state index contributed by atoms with van der Waals surface area (Å²) in [5.41, 5.74) is -0.796. The summed E-state index contributed by atoms with van der Waals surface area (Å²) >= 11 is 0. The van der Waals surface area contributed by atoms with Gasteiger partial charge in [-0.3, -0.25) is 4.79 Å². The first-order valence-corrected chi connectivity index (χ1v) is 9.85. The Balaban J connectivity index is 1.40. The van der Waals surface area contributed by atoms with E-state index in [1.807, 2.05) is 0 Å². The van der Waals surface area contributed by atoms with Crippen LogP contribution in [0.15, 0.2) is 18.3 Å². The quantitative estimate of drug-likeness (QED) is 0.715. The summed E-state index contributed by atoms with van der Waals surface area (Å²) in [6, 6.07) is 2.19. The molecule has 0 N–H and O–H groups in total. The summed E-state index contributed by atoms with van der Waals surface area (Å²) in [7, 11) is 0. The van der Waals surface area contributed by atoms with Gasteiger partial charge in [-0.2, -0.15) is 13.2 Å². The van der Waals surface area contributed by atoms with Crippen molar-refractivity contribution in [3.8, 4) is 5.88 Å². The van der Waals surface area contributed by atoms with Crippen LogP contribution in [0.5, 0.6) is 5.88 Å². The van der Waals surface area contributed by atoms with Gasteiger partial charge in [-0.15, -0.1) is 0 Å². The molecule has 2 fully saturated rings. The normalized spacial score (nSPS) is 23.8. The minimum Gasteiger partial charge on any atom is -0.471 e. The number of alkyl halides is 3. The van der Waals surface area contributed by atoms with Crippen LogP contribution in [0, 0.1) is 11.8 Å². The van der Waals surface area contributed by atoms with Crippen molar-refractivity contribution in [2.45, 2.75) is 64.1 Å². The Kier molecular flexibility index (Phi) is 6.27. The number of pyridine rings is 1. The lowest BCUT2D eigenvalue weighted by molar-refractivity contribution is -0.146. The maximum atomic E-state index is 12.6. The molecule has 3 rings (SSSR count). The number of nitrogens with zero attached hydrogens (tertiary/aromatic N) is 2. The number of aromatic nitrogens is 1. The number of ether oxygens (including phenoxy) is 1. The third kappa shape index (κ3) is 5.14. The number of unbranched alkanes of at least 4 members (excludes halogenated alkanes) is 1. The zero-order valence-corrected chi connectivity index (χ0v) is 15.7. The molecule has 1 amide bonds. The van der Waals surface area contributed by atoms with Crippen LogP contribution >= 0.6 is 0 Å². The Morgan fingerprint density at radius 1 is 1.22 bits per heavy atom. The third-order valence-corrected chi connectivity index (χ3v) is 5.67. The fourth-order valence-electron chi connectivity index (χ4n) is 3.93. The fourth-order valence-corrected chi connectivity index (χ4v) is 3.93. The van der Waals surface area contributed by atoms with Crippen LogP contribution in [0.3, 0.4) is 0 Å². The van der Waals surface area contributed by atoms with Gasteiger partial charge in [-0.05, 0) is 37.7 Å². The Hall–Kier alpha value is -1.79. The molecule has 150 valence electrons. The predicted molar refractivity (Wildman–Crippen MR) is 95.2 cm³/mol. The van der Waals surface area contributed by atoms with Crippen LogP contribution in [-0.2, 0) is 11.0 Å². The number of rotatable bonds is 6. The van der Waals surface area contributed by atoms with Crippen molar-refractivity contribution in [1.82, 2.24) is 9.88 Å². The summed E-state index contributed by atoms with van der Waals surface area (Å²) in [6.07, 6.45) is 4.16. The predicted octanol–water partition coefficient (Wildman–Crippen LogP) is 4.69. The number of likely N-dealkylation sites (tertiary alicyclic amines) is 1. The van der Waals surface area contributed by atoms with Crippen molar-refractivity contribution in [3.05, 3.63) is 23.9 Å². The lowest BCUT2D eigenvalue weighted by atomic mass is 9.79.